The van der Waals surface area contributed by atoms with Crippen LogP contribution in [0.15, 0.2) is 82.8 Å². The van der Waals surface area contributed by atoms with Crippen LogP contribution in [0.1, 0.15) is 314 Å². The minimum atomic E-state index is -0.434. The number of halogens is 5. The summed E-state index contributed by atoms with van der Waals surface area (Å²) in [4.78, 5) is 73.8. The number of alkyl halides is 1. The topological polar surface area (TPSA) is 315 Å². The molecule has 22 nitrogen and oxygen atoms in total. The summed E-state index contributed by atoms with van der Waals surface area (Å²) in [7, 11) is 0. The molecule has 16 fully saturated rings. The molecule has 0 radical (unpaired) electrons. The molecular formula is C117H170BrF4K2N11O11S4. The molecule has 4 aromatic carbocycles. The molecule has 32 atom stereocenters. The third-order valence-corrected chi connectivity index (χ3v) is 44.0. The van der Waals surface area contributed by atoms with Gasteiger partial charge in [0.05, 0.1) is 51.7 Å². The van der Waals surface area contributed by atoms with Crippen molar-refractivity contribution in [2.45, 2.75) is 354 Å². The summed E-state index contributed by atoms with van der Waals surface area (Å²) in [6, 6.07) is 17.7. The average Bonchev–Trinajstić information content (AvgIpc) is 1.72. The maximum Gasteiger partial charge on any atom is 1.00 e. The smallest absolute Gasteiger partial charge is 1.00 e. The first-order chi connectivity index (χ1) is 72.0. The molecule has 7 aromatic rings. The second kappa shape index (κ2) is 53.2. The Hall–Kier alpha value is -2.50. The van der Waals surface area contributed by atoms with Crippen molar-refractivity contribution in [2.75, 3.05) is 30.8 Å². The summed E-state index contributed by atoms with van der Waals surface area (Å²) in [6.07, 6.45) is 50.0. The minimum absolute atomic E-state index is 0. The van der Waals surface area contributed by atoms with E-state index in [4.69, 9.17) is 12.3 Å². The van der Waals surface area contributed by atoms with E-state index in [1.165, 1.54) is 169 Å². The molecule has 16 aliphatic carbocycles. The Bertz CT molecular complexity index is 5910. The molecule has 3 aromatic heterocycles. The van der Waals surface area contributed by atoms with E-state index >= 15 is 0 Å². The van der Waals surface area contributed by atoms with E-state index in [0.29, 0.717) is 92.1 Å². The van der Waals surface area contributed by atoms with Crippen LogP contribution >= 0.6 is 67.1 Å². The number of ketones is 4. The molecule has 4 heterocycles. The molecule has 0 spiro atoms. The van der Waals surface area contributed by atoms with Crippen LogP contribution in [0.25, 0.3) is 33.1 Å². The Labute approximate surface area is 1010 Å². The van der Waals surface area contributed by atoms with E-state index in [2.05, 4.69) is 155 Å². The van der Waals surface area contributed by atoms with Crippen molar-refractivity contribution in [1.29, 1.82) is 2.25 Å². The summed E-state index contributed by atoms with van der Waals surface area (Å²) in [5.74, 6) is 15.3. The molecule has 4 N–H and O–H groups in total. The van der Waals surface area contributed by atoms with Gasteiger partial charge < -0.3 is 32.0 Å². The molecule has 0 saturated heterocycles. The first-order valence-electron chi connectivity index (χ1n) is 57.2. The zero-order chi connectivity index (χ0) is 108. The van der Waals surface area contributed by atoms with Gasteiger partial charge in [0.15, 0.2) is 17.3 Å². The van der Waals surface area contributed by atoms with Gasteiger partial charge in [-0.2, -0.15) is 66.2 Å². The number of aliphatic hydroxyl groups is 4. The van der Waals surface area contributed by atoms with Crippen LogP contribution in [0.2, 0.25) is 0 Å². The first-order valence-corrected chi connectivity index (χ1v) is 60.2. The number of aromatic nitrogens is 9. The van der Waals surface area contributed by atoms with Crippen LogP contribution in [-0.2, 0) is 48.5 Å². The van der Waals surface area contributed by atoms with E-state index in [0.717, 1.165) is 235 Å². The molecule has 150 heavy (non-hydrogen) atoms. The summed E-state index contributed by atoms with van der Waals surface area (Å²) >= 11 is 14.3. The predicted molar refractivity (Wildman–Crippen MR) is 587 cm³/mol. The number of hydrogen-bond donors (Lipinski definition) is 7. The van der Waals surface area contributed by atoms with E-state index in [1.54, 1.807) is 52.4 Å². The van der Waals surface area contributed by atoms with Gasteiger partial charge in [-0.25, -0.2) is 26.9 Å². The SMILES string of the molecule is CC[C@@]1(O)CC[C@H]2[C@H](CC[C@@H]3[C@@H]2CC[C@]2(C)[C@@H](C(=O)CBr)CC[C@@H]32)C1.CC[C@@]1(O)CC[C@H]2[C@H](CC[C@@H]3[C@@H]2CC[C@]2(C)[C@@H](C(=O)Cn4nc5ccc(F)cc5n4)CC[C@@H]32)C1.CC[C@@]1(O)CC[C@H]2[C@H](CC[C@@H]3[C@@H]2CC[C@]2(C)[C@@H](C(=O)Cn4nnc5cc(F)ccc54)CC[C@@H]32)C1.CC[C@@]1(O)CC[C@H]2[C@H](CC[C@@H]3[C@@H]2CC[C@]2(C)[C@@H](C(=O)Cn4nnc5ccc(F)cc54)CC[C@@H]32)C1.CS.CS.CS.Fc1ccc2c(c1)=NCN=2.O=CO[O-].[2H]S[2H].[H-].[K+].[K+]. The van der Waals surface area contributed by atoms with E-state index in [9.17, 15) is 57.2 Å². The van der Waals surface area contributed by atoms with Crippen LogP contribution in [-0.4, -0.2) is 150 Å². The van der Waals surface area contributed by atoms with Gasteiger partial charge in [0.2, 0.25) is 0 Å². The number of fused-ring (bicyclic) bond motifs is 24. The quantitative estimate of drug-likeness (QED) is 0.00899. The standard InChI is InChI=1S/3C28H38FN3O2.C22H35BrO2.C7H5FN2.CH2O3.3CH4S.2K.H2S.H/c1-3-28(34)13-11-19-17(15-28)4-6-21-20(19)10-12-27(2)22(21)7-8-23(27)26(33)16-32-25-9-5-18(29)14-24(25)30-31-32;1-3-28(34)13-11-19-17(15-28)4-6-21-20(19)10-12-27(2)22(21)7-8-23(27)26(33)16-32-25-14-18(29)5-9-24(25)30-31-32;1-3-28(34)13-11-19-17(15-28)4-6-21-20(19)10-12-27(2)22(21)7-8-23(27)26(33)16-32-30-24-9-5-18(29)14-25(24)31-32;1-3-22(25)11-9-15-14(12-22)4-5-17-16(15)8-10-21(2)18(17)6-7-19(21)20(24)13-23;8-5-1-2-6-7(3-5)10-4-9-6;2-1-4-3;3*1-2;;;;/h3*5,9,14,17,19-23,34H,3-4,6-8,10-13,15-16H2,1-2H3;14-19,25H,3-13H2,1-2H3;1-3H,4H2;1,3H;3*2H,1H3;;;1H2;/q;;;;;;;;;2*+1;;-1/p-1/t3*17-,19+,20-,21-,22+,23-,27+,28-;14-,15+,16-,17-,18+,19-,21+,22-;;;;;;;;;/m1111........./s1/i/hD2. The Kier molecular flexibility index (Phi) is 43.0. The maximum atomic E-state index is 13.8. The molecule has 0 bridgehead atoms. The zero-order valence-corrected chi connectivity index (χ0v) is 103. The molecule has 0 unspecified atom stereocenters. The molecule has 820 valence electrons. The van der Waals surface area contributed by atoms with E-state index < -0.39 is 16.8 Å². The summed E-state index contributed by atoms with van der Waals surface area (Å²) in [6.45, 7) is 19.0. The van der Waals surface area contributed by atoms with Gasteiger partial charge >= 0.3 is 103 Å². The number of rotatable bonds is 16. The predicted octanol–water partition coefficient (Wildman–Crippen LogP) is 16.4. The largest absolute Gasteiger partial charge is 1.00 e. The van der Waals surface area contributed by atoms with Gasteiger partial charge in [0.25, 0.3) is 6.47 Å². The van der Waals surface area contributed by atoms with E-state index in [1.807, 2.05) is 0 Å². The van der Waals surface area contributed by atoms with Gasteiger partial charge in [-0.05, 0) is 464 Å². The van der Waals surface area contributed by atoms with Crippen molar-refractivity contribution >= 4 is 130 Å². The van der Waals surface area contributed by atoms with Crippen LogP contribution in [0, 0.1) is 187 Å². The number of thiol groups is 3. The summed E-state index contributed by atoms with van der Waals surface area (Å²) in [5, 5.41) is 79.3. The van der Waals surface area contributed by atoms with Crippen molar-refractivity contribution in [3.63, 3.8) is 0 Å². The number of carbonyl (C=O) groups is 5. The van der Waals surface area contributed by atoms with Crippen LogP contribution in [0.3, 0.4) is 0 Å². The van der Waals surface area contributed by atoms with Crippen molar-refractivity contribution in [2.24, 2.45) is 174 Å². The van der Waals surface area contributed by atoms with Crippen LogP contribution in [0.5, 0.6) is 0 Å². The molecular weight excluding hydrogens is 2100 g/mol. The van der Waals surface area contributed by atoms with Crippen molar-refractivity contribution in [1.82, 2.24) is 45.0 Å². The summed E-state index contributed by atoms with van der Waals surface area (Å²) < 4.78 is 68.1. The number of nitrogens with zero attached hydrogens (tertiary/aromatic N) is 11. The molecule has 33 heteroatoms. The molecule has 1 aliphatic heterocycles. The first kappa shape index (κ1) is 121. The number of hydrogen-bond acceptors (Lipinski definition) is 22. The monoisotopic (exact) mass is 2270 g/mol. The normalized spacial score (nSPS) is 38.3. The molecule has 24 rings (SSSR count). The summed E-state index contributed by atoms with van der Waals surface area (Å²) in [5.41, 5.74) is 2.38. The van der Waals surface area contributed by atoms with Gasteiger partial charge in [-0.3, -0.25) is 34.0 Å². The third-order valence-electron chi connectivity index (χ3n) is 43.4. The fraction of sp³-hybridized carbons (Fsp3) is 0.752. The molecule has 0 amide bonds. The van der Waals surface area contributed by atoms with Crippen molar-refractivity contribution < 1.29 is 176 Å². The fourth-order valence-electron chi connectivity index (χ4n) is 36.2. The van der Waals surface area contributed by atoms with Crippen LogP contribution in [0.4, 0.5) is 17.6 Å². The maximum absolute atomic E-state index is 13.8. The Balaban J connectivity index is 0.000000168. The van der Waals surface area contributed by atoms with E-state index in [-0.39, 0.29) is 229 Å². The second-order valence-corrected chi connectivity index (χ2v) is 49.7. The third kappa shape index (κ3) is 25.6. The van der Waals surface area contributed by atoms with Gasteiger partial charge in [0, 0.05) is 47.9 Å². The Morgan fingerprint density at radius 2 is 0.713 bits per heavy atom. The van der Waals surface area contributed by atoms with Gasteiger partial charge in [-0.15, -0.1) is 10.2 Å². The van der Waals surface area contributed by atoms with Gasteiger partial charge in [-0.1, -0.05) is 81.7 Å². The van der Waals surface area contributed by atoms with Crippen molar-refractivity contribution in [3.8, 4) is 0 Å². The Morgan fingerprint density at radius 3 is 1.09 bits per heavy atom. The average molecular weight is 2270 g/mol. The molecule has 17 aliphatic rings. The fourth-order valence-corrected chi connectivity index (χ4v) is 36.6. The minimum Gasteiger partial charge on any atom is -1.00 e. The number of Topliss-reactive ketones (excluding diaryl/α,β-unsaturated/α-hetero) is 4. The van der Waals surface area contributed by atoms with Crippen LogP contribution < -0.4 is 119 Å². The van der Waals surface area contributed by atoms with Gasteiger partial charge in [0.1, 0.15) is 77.4 Å². The number of carbonyl (C=O) groups excluding carboxylic acids is 5. The zero-order valence-electron chi connectivity index (χ0n) is 94.4. The Morgan fingerprint density at radius 1 is 0.407 bits per heavy atom. The second-order valence-electron chi connectivity index (χ2n) is 49.1. The number of benzene rings is 4. The van der Waals surface area contributed by atoms with Crippen molar-refractivity contribution in [3.05, 3.63) is 107 Å². The molecule has 16 saturated carbocycles.